The van der Waals surface area contributed by atoms with Crippen LogP contribution in [-0.4, -0.2) is 56.0 Å². The van der Waals surface area contributed by atoms with Crippen LogP contribution < -0.4 is 32.4 Å². The van der Waals surface area contributed by atoms with Crippen molar-refractivity contribution in [2.24, 2.45) is 0 Å². The van der Waals surface area contributed by atoms with E-state index in [1.54, 1.807) is 30.3 Å². The van der Waals surface area contributed by atoms with Crippen LogP contribution in [-0.2, 0) is 0 Å². The number of nitrogens with two attached hydrogens (primary N) is 2. The second kappa shape index (κ2) is 18.6. The molecule has 0 aliphatic carbocycles. The maximum atomic E-state index is 13.2. The van der Waals surface area contributed by atoms with Crippen LogP contribution in [0.15, 0.2) is 113 Å². The van der Waals surface area contributed by atoms with Crippen LogP contribution in [0.25, 0.3) is 33.9 Å². The van der Waals surface area contributed by atoms with Crippen molar-refractivity contribution in [2.45, 2.75) is 65.7 Å². The number of aromatic nitrogens is 4. The lowest BCUT2D eigenvalue weighted by Crippen LogP contribution is -2.35. The molecule has 4 heterocycles. The molecule has 6 N–H and O–H groups in total. The lowest BCUT2D eigenvalue weighted by atomic mass is 10.0. The largest absolute Gasteiger partial charge is 0.508 e. The second-order valence-corrected chi connectivity index (χ2v) is 14.5. The van der Waals surface area contributed by atoms with Gasteiger partial charge in [0, 0.05) is 49.4 Å². The molecule has 2 fully saturated rings. The topological polar surface area (TPSA) is 169 Å². The predicted octanol–water partition coefficient (Wildman–Crippen LogP) is 8.11. The third-order valence-electron chi connectivity index (χ3n) is 10.3. The Balaban J connectivity index is 0.000000189. The summed E-state index contributed by atoms with van der Waals surface area (Å²) in [7, 11) is 0. The van der Waals surface area contributed by atoms with Crippen molar-refractivity contribution in [3.8, 4) is 45.4 Å². The van der Waals surface area contributed by atoms with Crippen LogP contribution >= 0.6 is 0 Å². The summed E-state index contributed by atoms with van der Waals surface area (Å²) >= 11 is 0. The minimum absolute atomic E-state index is 0.0691. The van der Waals surface area contributed by atoms with Gasteiger partial charge in [0.15, 0.2) is 0 Å². The van der Waals surface area contributed by atoms with E-state index >= 15 is 0 Å². The Labute approximate surface area is 339 Å². The fraction of sp³-hybridized carbons (Fsp3) is 0.304. The molecule has 58 heavy (non-hydrogen) atoms. The van der Waals surface area contributed by atoms with Gasteiger partial charge in [-0.15, -0.1) is 0 Å². The van der Waals surface area contributed by atoms with Gasteiger partial charge in [-0.05, 0) is 61.8 Å². The van der Waals surface area contributed by atoms with E-state index < -0.39 is 0 Å². The average Bonchev–Trinajstić information content (AvgIpc) is 3.79. The first-order valence-electron chi connectivity index (χ1n) is 20.2. The van der Waals surface area contributed by atoms with Crippen molar-refractivity contribution in [3.63, 3.8) is 0 Å². The molecule has 4 aromatic carbocycles. The Hall–Kier alpha value is -6.56. The number of benzene rings is 4. The first-order valence-corrected chi connectivity index (χ1v) is 20.2. The molecular weight excluding hydrogens is 729 g/mol. The molecule has 12 nitrogen and oxygen atoms in total. The number of hydrogen-bond acceptors (Lipinski definition) is 10. The van der Waals surface area contributed by atoms with Gasteiger partial charge in [-0.3, -0.25) is 9.59 Å². The van der Waals surface area contributed by atoms with Crippen LogP contribution in [0.2, 0.25) is 0 Å². The van der Waals surface area contributed by atoms with Crippen molar-refractivity contribution in [2.75, 3.05) is 47.4 Å². The van der Waals surface area contributed by atoms with Gasteiger partial charge in [0.2, 0.25) is 0 Å². The van der Waals surface area contributed by atoms with Crippen LogP contribution in [0.1, 0.15) is 71.3 Å². The lowest BCUT2D eigenvalue weighted by molar-refractivity contribution is 0.464. The van der Waals surface area contributed by atoms with Gasteiger partial charge in [-0.25, -0.2) is 0 Å². The Bertz CT molecular complexity index is 2440. The summed E-state index contributed by atoms with van der Waals surface area (Å²) in [5, 5.41) is 29.6. The molecule has 0 unspecified atom stereocenters. The lowest BCUT2D eigenvalue weighted by Gasteiger charge is -2.31. The molecule has 0 radical (unpaired) electrons. The number of nitrogens with zero attached hydrogens (tertiary/aromatic N) is 6. The van der Waals surface area contributed by atoms with E-state index in [1.165, 1.54) is 21.9 Å². The van der Waals surface area contributed by atoms with Crippen LogP contribution in [0, 0.1) is 0 Å². The highest BCUT2D eigenvalue weighted by Crippen LogP contribution is 2.36. The van der Waals surface area contributed by atoms with Gasteiger partial charge in [0.25, 0.3) is 11.1 Å². The number of phenols is 2. The summed E-state index contributed by atoms with van der Waals surface area (Å²) in [6.07, 6.45) is 5.47. The summed E-state index contributed by atoms with van der Waals surface area (Å²) in [5.41, 5.74) is 18.7. The fourth-order valence-corrected chi connectivity index (χ4v) is 7.48. The zero-order chi connectivity index (χ0) is 41.3. The molecule has 2 aliphatic heterocycles. The minimum Gasteiger partial charge on any atom is -0.508 e. The molecule has 0 atom stereocenters. The fourth-order valence-electron chi connectivity index (χ4n) is 7.48. The highest BCUT2D eigenvalue weighted by atomic mass is 16.3. The number of hydrogen-bond donors (Lipinski definition) is 4. The average molecular weight is 783 g/mol. The molecule has 12 heteroatoms. The molecule has 0 spiro atoms. The van der Waals surface area contributed by atoms with Gasteiger partial charge in [-0.1, -0.05) is 100 Å². The highest BCUT2D eigenvalue weighted by Gasteiger charge is 2.26. The van der Waals surface area contributed by atoms with Gasteiger partial charge < -0.3 is 31.5 Å². The molecule has 302 valence electrons. The number of aromatic hydroxyl groups is 2. The first kappa shape index (κ1) is 41.1. The molecule has 8 rings (SSSR count). The number of phenolic OH excluding ortho intramolecular Hbond substituents is 2. The van der Waals surface area contributed by atoms with Gasteiger partial charge in [0.1, 0.15) is 34.3 Å². The molecule has 2 saturated heterocycles. The highest BCUT2D eigenvalue weighted by molar-refractivity contribution is 5.85. The Morgan fingerprint density at radius 2 is 1.02 bits per heavy atom. The Morgan fingerprint density at radius 3 is 1.45 bits per heavy atom. The van der Waals surface area contributed by atoms with Crippen LogP contribution in [0.4, 0.5) is 22.7 Å². The van der Waals surface area contributed by atoms with Crippen molar-refractivity contribution in [1.82, 2.24) is 19.6 Å². The molecule has 6 aromatic rings. The van der Waals surface area contributed by atoms with E-state index in [-0.39, 0.29) is 39.9 Å². The number of anilines is 4. The molecule has 2 aliphatic rings. The molecule has 0 bridgehead atoms. The van der Waals surface area contributed by atoms with Gasteiger partial charge in [-0.2, -0.15) is 19.6 Å². The summed E-state index contributed by atoms with van der Waals surface area (Å²) in [4.78, 5) is 30.4. The number of rotatable bonds is 7. The maximum absolute atomic E-state index is 13.2. The van der Waals surface area contributed by atoms with E-state index in [1.807, 2.05) is 94.4 Å². The number of piperidine rings is 1. The standard InChI is InChI=1S/C24H28N4O2.C20H20N4O2.C2H6/c1-16(2)19-12-11-18(15-20(19)29)28-24(30)21(25)23(27-13-7-4-8-14-27)22(26-28)17-9-5-3-6-10-17;21-17-19(23-11-4-5-12-23)18(14-7-2-1-3-8-14)22-24(20(17)26)15-9-6-10-16(25)13-15;1-2/h3,5-6,9-12,15-16,29H,4,7-8,13-14,25H2,1-2H3;1-3,6-10,13,25H,4-5,11-12,21H2;1-2H3. The zero-order valence-electron chi connectivity index (χ0n) is 33.8. The van der Waals surface area contributed by atoms with E-state index in [9.17, 15) is 19.8 Å². The monoisotopic (exact) mass is 782 g/mol. The van der Waals surface area contributed by atoms with Crippen molar-refractivity contribution < 1.29 is 10.2 Å². The van der Waals surface area contributed by atoms with E-state index in [0.717, 1.165) is 68.6 Å². The van der Waals surface area contributed by atoms with Gasteiger partial charge in [0.05, 0.1) is 22.7 Å². The minimum atomic E-state index is -0.378. The maximum Gasteiger partial charge on any atom is 0.296 e. The summed E-state index contributed by atoms with van der Waals surface area (Å²) in [6.45, 7) is 11.5. The second-order valence-electron chi connectivity index (χ2n) is 14.5. The smallest absolute Gasteiger partial charge is 0.296 e. The first-order chi connectivity index (χ1) is 28.1. The summed E-state index contributed by atoms with van der Waals surface area (Å²) in [5.74, 6) is 0.394. The normalized spacial score (nSPS) is 13.7. The molecule has 2 aromatic heterocycles. The predicted molar refractivity (Wildman–Crippen MR) is 236 cm³/mol. The van der Waals surface area contributed by atoms with Crippen molar-refractivity contribution in [3.05, 3.63) is 129 Å². The Morgan fingerprint density at radius 1 is 0.569 bits per heavy atom. The van der Waals surface area contributed by atoms with E-state index in [0.29, 0.717) is 34.1 Å². The third-order valence-corrected chi connectivity index (χ3v) is 10.3. The summed E-state index contributed by atoms with van der Waals surface area (Å²) < 4.78 is 2.56. The number of nitrogen functional groups attached to an aromatic ring is 2. The Kier molecular flexibility index (Phi) is 13.2. The van der Waals surface area contributed by atoms with E-state index in [2.05, 4.69) is 14.9 Å². The molecule has 0 saturated carbocycles. The zero-order valence-corrected chi connectivity index (χ0v) is 33.8. The SMILES string of the molecule is CC.CC(C)c1ccc(-n2nc(-c3ccccc3)c(N3CCCCC3)c(N)c2=O)cc1O.Nc1c(N2CCCC2)c(-c2ccccc2)nn(-c2cccc(O)c2)c1=O. The van der Waals surface area contributed by atoms with Gasteiger partial charge >= 0.3 is 0 Å². The third kappa shape index (κ3) is 8.71. The van der Waals surface area contributed by atoms with E-state index in [4.69, 9.17) is 16.6 Å². The van der Waals surface area contributed by atoms with Crippen molar-refractivity contribution >= 4 is 22.7 Å². The van der Waals surface area contributed by atoms with Crippen LogP contribution in [0.3, 0.4) is 0 Å². The van der Waals surface area contributed by atoms with Crippen molar-refractivity contribution in [1.29, 1.82) is 0 Å². The van der Waals surface area contributed by atoms with Crippen LogP contribution in [0.5, 0.6) is 11.5 Å². The summed E-state index contributed by atoms with van der Waals surface area (Å²) in [6, 6.07) is 31.2. The molecular formula is C46H54N8O4. The molecule has 0 amide bonds. The quantitative estimate of drug-likeness (QED) is 0.124.